The normalized spacial score (nSPS) is 16.4. The Labute approximate surface area is 171 Å². The number of carbonyl (C=O) groups excluding carboxylic acids is 3. The van der Waals surface area contributed by atoms with Crippen molar-refractivity contribution < 1.29 is 28.6 Å². The van der Waals surface area contributed by atoms with Crippen molar-refractivity contribution in [3.8, 4) is 11.5 Å². The molecule has 1 saturated heterocycles. The molecular weight excluding hydrogens is 376 g/mol. The van der Waals surface area contributed by atoms with Crippen LogP contribution < -0.4 is 15.2 Å². The second-order valence-corrected chi connectivity index (χ2v) is 7.47. The van der Waals surface area contributed by atoms with Crippen LogP contribution in [0.5, 0.6) is 11.5 Å². The van der Waals surface area contributed by atoms with Crippen molar-refractivity contribution in [2.75, 3.05) is 26.9 Å². The molecule has 0 radical (unpaired) electrons. The molecule has 2 amide bonds. The van der Waals surface area contributed by atoms with Gasteiger partial charge in [-0.25, -0.2) is 4.79 Å². The summed E-state index contributed by atoms with van der Waals surface area (Å²) in [6, 6.07) is 4.08. The lowest BCUT2D eigenvalue weighted by Gasteiger charge is -2.33. The highest BCUT2D eigenvalue weighted by Gasteiger charge is 2.31. The number of primary amides is 1. The Balaban J connectivity index is 1.95. The zero-order valence-corrected chi connectivity index (χ0v) is 17.3. The molecule has 8 nitrogen and oxygen atoms in total. The number of esters is 1. The quantitative estimate of drug-likeness (QED) is 0.630. The van der Waals surface area contributed by atoms with E-state index >= 15 is 0 Å². The van der Waals surface area contributed by atoms with Gasteiger partial charge in [-0.15, -0.1) is 0 Å². The third-order valence-electron chi connectivity index (χ3n) is 4.83. The van der Waals surface area contributed by atoms with Gasteiger partial charge in [0.05, 0.1) is 19.3 Å². The predicted octanol–water partition coefficient (Wildman–Crippen LogP) is 2.14. The molecule has 1 fully saturated rings. The maximum Gasteiger partial charge on any atom is 0.338 e. The summed E-state index contributed by atoms with van der Waals surface area (Å²) in [6.45, 7) is 4.74. The summed E-state index contributed by atoms with van der Waals surface area (Å²) in [5.41, 5.74) is 5.62. The summed E-state index contributed by atoms with van der Waals surface area (Å²) in [5.74, 6) is -0.151. The Morgan fingerprint density at radius 3 is 2.62 bits per heavy atom. The Bertz CT molecular complexity index is 734. The van der Waals surface area contributed by atoms with Crippen LogP contribution in [-0.2, 0) is 14.3 Å². The minimum absolute atomic E-state index is 0.246. The Hall–Kier alpha value is -2.77. The lowest BCUT2D eigenvalue weighted by molar-refractivity contribution is -0.143. The molecule has 1 aliphatic rings. The summed E-state index contributed by atoms with van der Waals surface area (Å²) in [6.07, 6.45) is 3.06. The second-order valence-electron chi connectivity index (χ2n) is 7.47. The van der Waals surface area contributed by atoms with Crippen LogP contribution in [-0.4, -0.2) is 55.6 Å². The maximum atomic E-state index is 12.4. The molecule has 0 unspecified atom stereocenters. The van der Waals surface area contributed by atoms with Crippen molar-refractivity contribution in [3.63, 3.8) is 0 Å². The lowest BCUT2D eigenvalue weighted by Crippen LogP contribution is -2.51. The van der Waals surface area contributed by atoms with Gasteiger partial charge in [-0.1, -0.05) is 13.8 Å². The van der Waals surface area contributed by atoms with E-state index in [0.29, 0.717) is 37.0 Å². The molecule has 0 aliphatic carbocycles. The van der Waals surface area contributed by atoms with Gasteiger partial charge >= 0.3 is 5.97 Å². The number of carbonyl (C=O) groups is 3. The van der Waals surface area contributed by atoms with Crippen LogP contribution in [0.15, 0.2) is 18.2 Å². The van der Waals surface area contributed by atoms with Gasteiger partial charge in [0.25, 0.3) is 5.91 Å². The largest absolute Gasteiger partial charge is 0.493 e. The number of nitrogens with two attached hydrogens (primary N) is 1. The van der Waals surface area contributed by atoms with Gasteiger partial charge in [0.2, 0.25) is 5.91 Å². The number of ether oxygens (including phenoxy) is 3. The van der Waals surface area contributed by atoms with Crippen LogP contribution in [0.25, 0.3) is 0 Å². The number of amides is 2. The highest BCUT2D eigenvalue weighted by Crippen LogP contribution is 2.28. The number of hydrogen-bond donors (Lipinski definition) is 1. The van der Waals surface area contributed by atoms with Gasteiger partial charge in [0.1, 0.15) is 6.04 Å². The van der Waals surface area contributed by atoms with Crippen molar-refractivity contribution >= 4 is 17.8 Å². The Morgan fingerprint density at radius 2 is 1.97 bits per heavy atom. The lowest BCUT2D eigenvalue weighted by atomic mass is 10.0. The van der Waals surface area contributed by atoms with E-state index in [0.717, 1.165) is 19.3 Å². The number of benzene rings is 1. The fourth-order valence-electron chi connectivity index (χ4n) is 3.14. The van der Waals surface area contributed by atoms with Crippen LogP contribution in [0.2, 0.25) is 0 Å². The van der Waals surface area contributed by atoms with Crippen molar-refractivity contribution in [3.05, 3.63) is 23.8 Å². The SMILES string of the molecule is COc1cc(C(=O)OCC(=O)N2CCCC[C@H]2C(N)=O)ccc1OCCC(C)C. The molecule has 8 heteroatoms. The molecule has 2 rings (SSSR count). The van der Waals surface area contributed by atoms with Crippen LogP contribution in [0.1, 0.15) is 49.9 Å². The van der Waals surface area contributed by atoms with E-state index in [9.17, 15) is 14.4 Å². The molecule has 2 N–H and O–H groups in total. The van der Waals surface area contributed by atoms with Crippen molar-refractivity contribution in [2.24, 2.45) is 11.7 Å². The molecule has 1 heterocycles. The first kappa shape index (κ1) is 22.5. The molecule has 0 saturated carbocycles. The molecule has 1 aromatic rings. The van der Waals surface area contributed by atoms with Gasteiger partial charge in [0.15, 0.2) is 18.1 Å². The topological polar surface area (TPSA) is 108 Å². The van der Waals surface area contributed by atoms with E-state index in [1.165, 1.54) is 18.1 Å². The number of likely N-dealkylation sites (tertiary alicyclic amines) is 1. The van der Waals surface area contributed by atoms with Crippen LogP contribution >= 0.6 is 0 Å². The van der Waals surface area contributed by atoms with E-state index in [4.69, 9.17) is 19.9 Å². The maximum absolute atomic E-state index is 12.4. The first-order valence-corrected chi connectivity index (χ1v) is 9.90. The third kappa shape index (κ3) is 6.37. The highest BCUT2D eigenvalue weighted by atomic mass is 16.5. The molecule has 1 atom stereocenters. The standard InChI is InChI=1S/C21H30N2O6/c1-14(2)9-11-28-17-8-7-15(12-18(17)27-3)21(26)29-13-19(24)23-10-5-4-6-16(23)20(22)25/h7-8,12,14,16H,4-6,9-11,13H2,1-3H3,(H2,22,25)/t16-/m0/s1. The molecule has 1 aromatic carbocycles. The number of piperidine rings is 1. The second kappa shape index (κ2) is 10.7. The molecule has 0 spiro atoms. The first-order chi connectivity index (χ1) is 13.8. The summed E-state index contributed by atoms with van der Waals surface area (Å²) in [5, 5.41) is 0. The van der Waals surface area contributed by atoms with Crippen LogP contribution in [0.4, 0.5) is 0 Å². The van der Waals surface area contributed by atoms with Crippen molar-refractivity contribution in [1.82, 2.24) is 4.90 Å². The zero-order valence-electron chi connectivity index (χ0n) is 17.3. The number of hydrogen-bond acceptors (Lipinski definition) is 6. The van der Waals surface area contributed by atoms with Crippen LogP contribution in [0.3, 0.4) is 0 Å². The van der Waals surface area contributed by atoms with E-state index in [1.807, 2.05) is 0 Å². The van der Waals surface area contributed by atoms with E-state index < -0.39 is 30.4 Å². The Morgan fingerprint density at radius 1 is 1.21 bits per heavy atom. The monoisotopic (exact) mass is 406 g/mol. The van der Waals surface area contributed by atoms with Gasteiger partial charge in [-0.2, -0.15) is 0 Å². The summed E-state index contributed by atoms with van der Waals surface area (Å²) < 4.78 is 16.1. The molecular formula is C21H30N2O6. The predicted molar refractivity (Wildman–Crippen MR) is 107 cm³/mol. The number of nitrogens with zero attached hydrogens (tertiary/aromatic N) is 1. The van der Waals surface area contributed by atoms with Gasteiger partial charge in [0, 0.05) is 6.54 Å². The number of methoxy groups -OCH3 is 1. The Kier molecular flexibility index (Phi) is 8.30. The summed E-state index contributed by atoms with van der Waals surface area (Å²) in [4.78, 5) is 37.7. The van der Waals surface area contributed by atoms with Gasteiger partial charge < -0.3 is 24.8 Å². The molecule has 29 heavy (non-hydrogen) atoms. The van der Waals surface area contributed by atoms with E-state index in [1.54, 1.807) is 12.1 Å². The minimum atomic E-state index is -0.655. The van der Waals surface area contributed by atoms with Gasteiger partial charge in [-0.3, -0.25) is 9.59 Å². The number of rotatable bonds is 9. The first-order valence-electron chi connectivity index (χ1n) is 9.90. The van der Waals surface area contributed by atoms with E-state index in [-0.39, 0.29) is 5.56 Å². The third-order valence-corrected chi connectivity index (χ3v) is 4.83. The molecule has 160 valence electrons. The molecule has 1 aliphatic heterocycles. The molecule has 0 aromatic heterocycles. The zero-order chi connectivity index (χ0) is 21.4. The average Bonchev–Trinajstić information content (AvgIpc) is 2.71. The van der Waals surface area contributed by atoms with E-state index in [2.05, 4.69) is 13.8 Å². The minimum Gasteiger partial charge on any atom is -0.493 e. The highest BCUT2D eigenvalue weighted by molar-refractivity contribution is 5.93. The van der Waals surface area contributed by atoms with Gasteiger partial charge in [-0.05, 0) is 49.8 Å². The van der Waals surface area contributed by atoms with Crippen molar-refractivity contribution in [1.29, 1.82) is 0 Å². The smallest absolute Gasteiger partial charge is 0.338 e. The summed E-state index contributed by atoms with van der Waals surface area (Å²) in [7, 11) is 1.49. The fraction of sp³-hybridized carbons (Fsp3) is 0.571. The van der Waals surface area contributed by atoms with Crippen molar-refractivity contribution in [2.45, 2.75) is 45.6 Å². The molecule has 0 bridgehead atoms. The van der Waals surface area contributed by atoms with Crippen LogP contribution in [0, 0.1) is 5.92 Å². The fourth-order valence-corrected chi connectivity index (χ4v) is 3.14. The average molecular weight is 406 g/mol. The summed E-state index contributed by atoms with van der Waals surface area (Å²) >= 11 is 0.